The summed E-state index contributed by atoms with van der Waals surface area (Å²) in [6, 6.07) is 0. The predicted molar refractivity (Wildman–Crippen MR) is 95.4 cm³/mol. The van der Waals surface area contributed by atoms with Crippen LogP contribution in [0.15, 0.2) is 11.5 Å². The van der Waals surface area contributed by atoms with Crippen LogP contribution in [0.5, 0.6) is 0 Å². The third kappa shape index (κ3) is 6.20. The normalized spacial score (nSPS) is 23.1. The number of esters is 1. The highest BCUT2D eigenvalue weighted by molar-refractivity contribution is 6.70. The van der Waals surface area contributed by atoms with Crippen LogP contribution in [0.2, 0.25) is 19.6 Å². The summed E-state index contributed by atoms with van der Waals surface area (Å²) in [7, 11) is -1.80. The molecule has 5 heteroatoms. The van der Waals surface area contributed by atoms with Crippen molar-refractivity contribution in [3.8, 4) is 0 Å². The van der Waals surface area contributed by atoms with E-state index in [-0.39, 0.29) is 23.6 Å². The first-order valence-electron chi connectivity index (χ1n) is 8.64. The molecule has 2 atom stereocenters. The fourth-order valence-electron chi connectivity index (χ4n) is 2.52. The summed E-state index contributed by atoms with van der Waals surface area (Å²) in [5.74, 6) is 0.786. The van der Waals surface area contributed by atoms with Gasteiger partial charge in [0.1, 0.15) is 11.7 Å². The SMILES string of the molecule is CC/C(C[C@@H]1C(=O)O[C@H]1C(C)C)=C(/OC(C)(C)C)O[Si](C)(C)C. The molecule has 0 aliphatic carbocycles. The molecule has 1 rings (SSSR count). The van der Waals surface area contributed by atoms with E-state index in [1.807, 2.05) is 20.8 Å². The molecule has 0 bridgehead atoms. The molecule has 1 saturated heterocycles. The Morgan fingerprint density at radius 3 is 2.17 bits per heavy atom. The Kier molecular flexibility index (Phi) is 6.36. The molecule has 0 N–H and O–H groups in total. The number of cyclic esters (lactones) is 1. The highest BCUT2D eigenvalue weighted by Crippen LogP contribution is 2.36. The summed E-state index contributed by atoms with van der Waals surface area (Å²) in [5.41, 5.74) is 0.752. The second-order valence-electron chi connectivity index (χ2n) is 8.63. The van der Waals surface area contributed by atoms with Crippen LogP contribution >= 0.6 is 0 Å². The number of hydrogen-bond acceptors (Lipinski definition) is 4. The van der Waals surface area contributed by atoms with Crippen molar-refractivity contribution in [3.63, 3.8) is 0 Å². The smallest absolute Gasteiger partial charge is 0.313 e. The van der Waals surface area contributed by atoms with Crippen molar-refractivity contribution in [2.45, 2.75) is 85.7 Å². The van der Waals surface area contributed by atoms with Gasteiger partial charge in [0.15, 0.2) is 0 Å². The predicted octanol–water partition coefficient (Wildman–Crippen LogP) is 4.86. The maximum absolute atomic E-state index is 11.9. The monoisotopic (exact) mass is 342 g/mol. The largest absolute Gasteiger partial charge is 0.520 e. The van der Waals surface area contributed by atoms with Crippen molar-refractivity contribution in [3.05, 3.63) is 11.5 Å². The average molecular weight is 343 g/mol. The van der Waals surface area contributed by atoms with Gasteiger partial charge in [-0.3, -0.25) is 4.79 Å². The first-order chi connectivity index (χ1) is 10.3. The van der Waals surface area contributed by atoms with Crippen LogP contribution in [-0.4, -0.2) is 26.0 Å². The van der Waals surface area contributed by atoms with Crippen LogP contribution < -0.4 is 0 Å². The van der Waals surface area contributed by atoms with Crippen molar-refractivity contribution < 1.29 is 18.7 Å². The van der Waals surface area contributed by atoms with Crippen LogP contribution in [0.3, 0.4) is 0 Å². The summed E-state index contributed by atoms with van der Waals surface area (Å²) in [6.07, 6.45) is 1.48. The second-order valence-corrected chi connectivity index (χ2v) is 13.1. The minimum absolute atomic E-state index is 0.00631. The Morgan fingerprint density at radius 2 is 1.83 bits per heavy atom. The molecule has 1 aliphatic rings. The van der Waals surface area contributed by atoms with Crippen LogP contribution in [-0.2, 0) is 18.7 Å². The van der Waals surface area contributed by atoms with Crippen LogP contribution in [0.25, 0.3) is 0 Å². The van der Waals surface area contributed by atoms with Crippen LogP contribution in [0.1, 0.15) is 54.4 Å². The van der Waals surface area contributed by atoms with Crippen molar-refractivity contribution >= 4 is 14.3 Å². The molecule has 0 aromatic carbocycles. The van der Waals surface area contributed by atoms with Gasteiger partial charge in [0, 0.05) is 5.57 Å². The van der Waals surface area contributed by atoms with E-state index in [0.29, 0.717) is 18.3 Å². The molecule has 23 heavy (non-hydrogen) atoms. The highest BCUT2D eigenvalue weighted by Gasteiger charge is 2.44. The third-order valence-corrected chi connectivity index (χ3v) is 4.39. The van der Waals surface area contributed by atoms with Gasteiger partial charge in [-0.15, -0.1) is 0 Å². The third-order valence-electron chi connectivity index (χ3n) is 3.59. The highest BCUT2D eigenvalue weighted by atomic mass is 28.4. The number of ether oxygens (including phenoxy) is 2. The molecule has 0 spiro atoms. The molecular weight excluding hydrogens is 308 g/mol. The summed E-state index contributed by atoms with van der Waals surface area (Å²) < 4.78 is 17.6. The molecule has 1 fully saturated rings. The lowest BCUT2D eigenvalue weighted by molar-refractivity contribution is -0.190. The number of allylic oxidation sites excluding steroid dienone is 1. The molecule has 0 radical (unpaired) electrons. The number of carbonyl (C=O) groups is 1. The molecule has 0 unspecified atom stereocenters. The lowest BCUT2D eigenvalue weighted by Crippen LogP contribution is -2.48. The standard InChI is InChI=1S/C18H34O4Si/c1-10-13(11-14-15(12(2)3)20-16(14)19)17(21-18(4,5)6)22-23(7,8)9/h12,14-15H,10-11H2,1-9H3/b17-13+/t14-,15-/m0/s1. The van der Waals surface area contributed by atoms with E-state index in [0.717, 1.165) is 12.0 Å². The van der Waals surface area contributed by atoms with Crippen molar-refractivity contribution in [2.24, 2.45) is 11.8 Å². The lowest BCUT2D eigenvalue weighted by Gasteiger charge is -2.39. The van der Waals surface area contributed by atoms with Gasteiger partial charge in [-0.25, -0.2) is 0 Å². The van der Waals surface area contributed by atoms with E-state index in [4.69, 9.17) is 13.9 Å². The van der Waals surface area contributed by atoms with E-state index >= 15 is 0 Å². The van der Waals surface area contributed by atoms with Crippen LogP contribution in [0, 0.1) is 11.8 Å². The molecule has 0 aromatic rings. The minimum atomic E-state index is -1.80. The van der Waals surface area contributed by atoms with Crippen molar-refractivity contribution in [1.29, 1.82) is 0 Å². The molecule has 1 aliphatic heterocycles. The van der Waals surface area contributed by atoms with Gasteiger partial charge in [0.25, 0.3) is 5.95 Å². The van der Waals surface area contributed by atoms with E-state index in [1.54, 1.807) is 0 Å². The fourth-order valence-corrected chi connectivity index (χ4v) is 3.27. The summed E-state index contributed by atoms with van der Waals surface area (Å²) in [6.45, 7) is 18.7. The van der Waals surface area contributed by atoms with E-state index in [2.05, 4.69) is 40.4 Å². The number of rotatable bonds is 7. The Balaban J connectivity index is 3.04. The zero-order valence-corrected chi connectivity index (χ0v) is 17.3. The van der Waals surface area contributed by atoms with Gasteiger partial charge >= 0.3 is 5.97 Å². The van der Waals surface area contributed by atoms with Gasteiger partial charge in [-0.1, -0.05) is 20.8 Å². The molecule has 4 nitrogen and oxygen atoms in total. The molecule has 0 amide bonds. The Hall–Kier alpha value is -0.973. The van der Waals surface area contributed by atoms with E-state index < -0.39 is 8.32 Å². The Morgan fingerprint density at radius 1 is 1.26 bits per heavy atom. The number of hydrogen-bond donors (Lipinski definition) is 0. The maximum Gasteiger partial charge on any atom is 0.313 e. The summed E-state index contributed by atoms with van der Waals surface area (Å²) in [5, 5.41) is 0. The second kappa shape index (κ2) is 7.28. The zero-order chi connectivity index (χ0) is 18.0. The van der Waals surface area contributed by atoms with E-state index in [1.165, 1.54) is 0 Å². The maximum atomic E-state index is 11.9. The van der Waals surface area contributed by atoms with Gasteiger partial charge in [-0.05, 0) is 59.2 Å². The topological polar surface area (TPSA) is 44.8 Å². The Bertz CT molecular complexity index is 437. The van der Waals surface area contributed by atoms with E-state index in [9.17, 15) is 4.79 Å². The molecule has 0 aromatic heterocycles. The fraction of sp³-hybridized carbons (Fsp3) is 0.833. The number of carbonyl (C=O) groups excluding carboxylic acids is 1. The van der Waals surface area contributed by atoms with Crippen molar-refractivity contribution in [2.75, 3.05) is 0 Å². The van der Waals surface area contributed by atoms with Gasteiger partial charge in [0.2, 0.25) is 8.32 Å². The first-order valence-corrected chi connectivity index (χ1v) is 12.1. The molecule has 134 valence electrons. The average Bonchev–Trinajstić information content (AvgIpc) is 2.32. The molecule has 1 heterocycles. The first kappa shape index (κ1) is 20.1. The molecular formula is C18H34O4Si. The lowest BCUT2D eigenvalue weighted by atomic mass is 9.83. The Labute approximate surface area is 142 Å². The van der Waals surface area contributed by atoms with Crippen LogP contribution in [0.4, 0.5) is 0 Å². The van der Waals surface area contributed by atoms with Gasteiger partial charge < -0.3 is 13.9 Å². The van der Waals surface area contributed by atoms with Gasteiger partial charge in [-0.2, -0.15) is 0 Å². The molecule has 0 saturated carbocycles. The van der Waals surface area contributed by atoms with Crippen molar-refractivity contribution in [1.82, 2.24) is 0 Å². The zero-order valence-electron chi connectivity index (χ0n) is 16.3. The quantitative estimate of drug-likeness (QED) is 0.376. The summed E-state index contributed by atoms with van der Waals surface area (Å²) in [4.78, 5) is 11.9. The summed E-state index contributed by atoms with van der Waals surface area (Å²) >= 11 is 0. The minimum Gasteiger partial charge on any atom is -0.520 e. The van der Waals surface area contributed by atoms with Gasteiger partial charge in [0.05, 0.1) is 5.92 Å².